The van der Waals surface area contributed by atoms with Crippen LogP contribution in [0.4, 0.5) is 0 Å². The van der Waals surface area contributed by atoms with Crippen molar-refractivity contribution in [3.05, 3.63) is 29.3 Å². The Morgan fingerprint density at radius 3 is 2.47 bits per heavy atom. The van der Waals surface area contributed by atoms with E-state index in [-0.39, 0.29) is 12.4 Å². The van der Waals surface area contributed by atoms with Crippen molar-refractivity contribution in [2.75, 3.05) is 6.79 Å². The fraction of sp³-hybridized carbons (Fsp3) is 0.0833. The van der Waals surface area contributed by atoms with Crippen molar-refractivity contribution in [2.45, 2.75) is 0 Å². The Labute approximate surface area is 106 Å². The monoisotopic (exact) mass is 262 g/mol. The molecule has 0 amide bonds. The van der Waals surface area contributed by atoms with E-state index in [4.69, 9.17) is 9.47 Å². The lowest BCUT2D eigenvalue weighted by Gasteiger charge is -2.03. The molecule has 0 bridgehead atoms. The normalized spacial score (nSPS) is 19.7. The minimum Gasteiger partial charge on any atom is -0.506 e. The van der Waals surface area contributed by atoms with Crippen LogP contribution in [0.5, 0.6) is 11.5 Å². The van der Waals surface area contributed by atoms with Crippen LogP contribution in [0.25, 0.3) is 5.76 Å². The first-order valence-corrected chi connectivity index (χ1v) is 5.22. The molecule has 1 aromatic rings. The van der Waals surface area contributed by atoms with Crippen LogP contribution in [0, 0.1) is 0 Å². The number of cyclic esters (lactones) is 2. The molecule has 2 aliphatic rings. The summed E-state index contributed by atoms with van der Waals surface area (Å²) in [6.45, 7) is 0.0512. The number of hydrogen-bond donors (Lipinski definition) is 1. The Hall–Kier alpha value is -2.83. The van der Waals surface area contributed by atoms with Crippen molar-refractivity contribution in [3.63, 3.8) is 0 Å². The molecule has 19 heavy (non-hydrogen) atoms. The van der Waals surface area contributed by atoms with Crippen molar-refractivity contribution < 1.29 is 33.7 Å². The molecule has 7 heteroatoms. The number of carbonyl (C=O) groups is 3. The standard InChI is InChI=1S/C12H6O7/c13-9(8-10(14)12(16)19-11(8)15)5-1-2-6-7(3-5)18-4-17-6/h1-3,13H,4H2. The van der Waals surface area contributed by atoms with Gasteiger partial charge in [-0.25, -0.2) is 9.59 Å². The maximum absolute atomic E-state index is 11.4. The highest BCUT2D eigenvalue weighted by Crippen LogP contribution is 2.35. The van der Waals surface area contributed by atoms with Crippen molar-refractivity contribution in [1.29, 1.82) is 0 Å². The highest BCUT2D eigenvalue weighted by molar-refractivity contribution is 6.54. The predicted molar refractivity (Wildman–Crippen MR) is 58.2 cm³/mol. The van der Waals surface area contributed by atoms with Gasteiger partial charge in [-0.1, -0.05) is 0 Å². The fourth-order valence-electron chi connectivity index (χ4n) is 1.77. The van der Waals surface area contributed by atoms with Gasteiger partial charge in [0.1, 0.15) is 5.76 Å². The van der Waals surface area contributed by atoms with E-state index in [1.54, 1.807) is 0 Å². The SMILES string of the molecule is O=C1OC(=O)C(=C(O)c2ccc3c(c2)OCO3)C1=O. The molecule has 1 aromatic carbocycles. The first kappa shape index (κ1) is 11.3. The number of hydrogen-bond acceptors (Lipinski definition) is 7. The number of ether oxygens (including phenoxy) is 3. The molecule has 0 radical (unpaired) electrons. The number of carbonyl (C=O) groups excluding carboxylic acids is 3. The summed E-state index contributed by atoms with van der Waals surface area (Å²) in [5.74, 6) is -3.40. The lowest BCUT2D eigenvalue weighted by molar-refractivity contribution is -0.154. The summed E-state index contributed by atoms with van der Waals surface area (Å²) in [4.78, 5) is 33.6. The number of aliphatic hydroxyl groups is 1. The van der Waals surface area contributed by atoms with Crippen LogP contribution in [0.2, 0.25) is 0 Å². The largest absolute Gasteiger partial charge is 0.506 e. The predicted octanol–water partition coefficient (Wildman–Crippen LogP) is 0.337. The van der Waals surface area contributed by atoms with Gasteiger partial charge < -0.3 is 19.3 Å². The van der Waals surface area contributed by atoms with Crippen LogP contribution in [-0.4, -0.2) is 29.6 Å². The third-order valence-corrected chi connectivity index (χ3v) is 2.68. The molecule has 1 fully saturated rings. The maximum Gasteiger partial charge on any atom is 0.388 e. The zero-order valence-corrected chi connectivity index (χ0v) is 9.34. The number of Topliss-reactive ketones (excluding diaryl/α,β-unsaturated/α-hetero) is 1. The molecule has 0 saturated carbocycles. The highest BCUT2D eigenvalue weighted by atomic mass is 16.7. The van der Waals surface area contributed by atoms with Gasteiger partial charge in [0.25, 0.3) is 5.78 Å². The van der Waals surface area contributed by atoms with Crippen molar-refractivity contribution in [2.24, 2.45) is 0 Å². The lowest BCUT2D eigenvalue weighted by Crippen LogP contribution is -2.08. The van der Waals surface area contributed by atoms with E-state index in [1.165, 1.54) is 18.2 Å². The number of esters is 2. The minimum absolute atomic E-state index is 0.0512. The van der Waals surface area contributed by atoms with Gasteiger partial charge in [-0.05, 0) is 18.2 Å². The van der Waals surface area contributed by atoms with Gasteiger partial charge in [0.15, 0.2) is 17.1 Å². The van der Waals surface area contributed by atoms with Crippen molar-refractivity contribution >= 4 is 23.5 Å². The molecule has 0 aliphatic carbocycles. The molecule has 96 valence electrons. The molecule has 1 N–H and O–H groups in total. The zero-order valence-electron chi connectivity index (χ0n) is 9.34. The number of rotatable bonds is 1. The zero-order chi connectivity index (χ0) is 13.6. The van der Waals surface area contributed by atoms with Crippen LogP contribution >= 0.6 is 0 Å². The van der Waals surface area contributed by atoms with Crippen molar-refractivity contribution in [3.8, 4) is 11.5 Å². The van der Waals surface area contributed by atoms with Gasteiger partial charge in [-0.15, -0.1) is 0 Å². The lowest BCUT2D eigenvalue weighted by atomic mass is 10.1. The van der Waals surface area contributed by atoms with Crippen LogP contribution in [0.3, 0.4) is 0 Å². The first-order valence-electron chi connectivity index (χ1n) is 5.22. The Morgan fingerprint density at radius 2 is 1.79 bits per heavy atom. The summed E-state index contributed by atoms with van der Waals surface area (Å²) >= 11 is 0. The Kier molecular flexibility index (Phi) is 2.28. The number of aliphatic hydroxyl groups excluding tert-OH is 1. The van der Waals surface area contributed by atoms with Gasteiger partial charge in [-0.3, -0.25) is 4.79 Å². The first-order chi connectivity index (χ1) is 9.08. The van der Waals surface area contributed by atoms with E-state index in [0.717, 1.165) is 0 Å². The molecule has 0 unspecified atom stereocenters. The van der Waals surface area contributed by atoms with E-state index < -0.39 is 29.1 Å². The van der Waals surface area contributed by atoms with Gasteiger partial charge >= 0.3 is 11.9 Å². The second-order valence-corrected chi connectivity index (χ2v) is 3.80. The van der Waals surface area contributed by atoms with E-state index in [0.29, 0.717) is 11.5 Å². The number of fused-ring (bicyclic) bond motifs is 1. The Morgan fingerprint density at radius 1 is 1.05 bits per heavy atom. The molecule has 7 nitrogen and oxygen atoms in total. The van der Waals surface area contributed by atoms with Crippen LogP contribution in [-0.2, 0) is 19.1 Å². The van der Waals surface area contributed by atoms with E-state index in [2.05, 4.69) is 4.74 Å². The molecule has 0 atom stereocenters. The third-order valence-electron chi connectivity index (χ3n) is 2.68. The van der Waals surface area contributed by atoms with Crippen LogP contribution < -0.4 is 9.47 Å². The van der Waals surface area contributed by atoms with Crippen LogP contribution in [0.1, 0.15) is 5.56 Å². The summed E-state index contributed by atoms with van der Waals surface area (Å²) in [6, 6.07) is 4.34. The summed E-state index contributed by atoms with van der Waals surface area (Å²) in [5.41, 5.74) is -0.525. The highest BCUT2D eigenvalue weighted by Gasteiger charge is 2.40. The molecular weight excluding hydrogens is 256 g/mol. The molecule has 0 aromatic heterocycles. The third kappa shape index (κ3) is 1.63. The quantitative estimate of drug-likeness (QED) is 0.194. The fourth-order valence-corrected chi connectivity index (χ4v) is 1.77. The molecule has 2 aliphatic heterocycles. The van der Waals surface area contributed by atoms with E-state index >= 15 is 0 Å². The van der Waals surface area contributed by atoms with Gasteiger partial charge in [-0.2, -0.15) is 0 Å². The Balaban J connectivity index is 2.09. The van der Waals surface area contributed by atoms with Gasteiger partial charge in [0, 0.05) is 5.56 Å². The van der Waals surface area contributed by atoms with E-state index in [9.17, 15) is 19.5 Å². The molecule has 1 saturated heterocycles. The summed E-state index contributed by atoms with van der Waals surface area (Å²) in [7, 11) is 0. The molecule has 3 rings (SSSR count). The van der Waals surface area contributed by atoms with Gasteiger partial charge in [0.2, 0.25) is 6.79 Å². The Bertz CT molecular complexity index is 656. The number of benzene rings is 1. The molecule has 0 spiro atoms. The van der Waals surface area contributed by atoms with E-state index in [1.807, 2.05) is 0 Å². The average molecular weight is 262 g/mol. The molecule has 2 heterocycles. The average Bonchev–Trinajstić information content (AvgIpc) is 2.94. The molecular formula is C12H6O7. The van der Waals surface area contributed by atoms with Gasteiger partial charge in [0.05, 0.1) is 0 Å². The summed E-state index contributed by atoms with van der Waals surface area (Å²) < 4.78 is 14.3. The second-order valence-electron chi connectivity index (χ2n) is 3.80. The summed E-state index contributed by atoms with van der Waals surface area (Å²) in [5, 5.41) is 9.92. The smallest absolute Gasteiger partial charge is 0.388 e. The minimum atomic E-state index is -1.30. The summed E-state index contributed by atoms with van der Waals surface area (Å²) in [6.07, 6.45) is 0. The second kappa shape index (κ2) is 3.84. The number of ketones is 1. The van der Waals surface area contributed by atoms with Crippen LogP contribution in [0.15, 0.2) is 23.8 Å². The topological polar surface area (TPSA) is 99.1 Å². The maximum atomic E-state index is 11.4. The van der Waals surface area contributed by atoms with Crippen molar-refractivity contribution in [1.82, 2.24) is 0 Å².